The number of carbonyl (C=O) groups is 2. The van der Waals surface area contributed by atoms with Crippen LogP contribution in [0.3, 0.4) is 0 Å². The van der Waals surface area contributed by atoms with Gasteiger partial charge in [-0.2, -0.15) is 0 Å². The number of aromatic nitrogens is 1. The maximum atomic E-state index is 13.0. The van der Waals surface area contributed by atoms with Gasteiger partial charge in [0.2, 0.25) is 0 Å². The average molecular weight is 422 g/mol. The van der Waals surface area contributed by atoms with E-state index in [1.165, 1.54) is 24.1 Å². The molecule has 4 rings (SSSR count). The van der Waals surface area contributed by atoms with Crippen LogP contribution in [0.15, 0.2) is 30.3 Å². The van der Waals surface area contributed by atoms with E-state index in [0.717, 1.165) is 29.9 Å². The standard InChI is InChI=1S/C26H35N3O2/c1-18-16-23(19(2)29(18)22-10-11-22)24(30)17-27-12-14-28(15-13-27)25(31)20-6-8-21(9-7-20)26(3,4)5/h6-9,16,22H,10-15,17H2,1-5H3. The maximum Gasteiger partial charge on any atom is 0.253 e. The molecule has 1 aliphatic heterocycles. The van der Waals surface area contributed by atoms with Crippen molar-refractivity contribution in [3.8, 4) is 0 Å². The Labute approximate surface area is 186 Å². The highest BCUT2D eigenvalue weighted by Gasteiger charge is 2.29. The lowest BCUT2D eigenvalue weighted by molar-refractivity contribution is 0.0624. The zero-order valence-corrected chi connectivity index (χ0v) is 19.6. The number of aryl methyl sites for hydroxylation is 1. The maximum absolute atomic E-state index is 13.0. The molecule has 2 aromatic rings. The number of piperazine rings is 1. The summed E-state index contributed by atoms with van der Waals surface area (Å²) in [6.07, 6.45) is 2.44. The first-order chi connectivity index (χ1) is 14.6. The van der Waals surface area contributed by atoms with Gasteiger partial charge in [-0.1, -0.05) is 32.9 Å². The van der Waals surface area contributed by atoms with Gasteiger partial charge >= 0.3 is 0 Å². The van der Waals surface area contributed by atoms with Crippen molar-refractivity contribution in [3.05, 3.63) is 58.4 Å². The van der Waals surface area contributed by atoms with E-state index < -0.39 is 0 Å². The van der Waals surface area contributed by atoms with Crippen molar-refractivity contribution in [2.75, 3.05) is 32.7 Å². The molecule has 1 saturated heterocycles. The van der Waals surface area contributed by atoms with Crippen molar-refractivity contribution in [1.29, 1.82) is 0 Å². The molecule has 0 N–H and O–H groups in total. The largest absolute Gasteiger partial charge is 0.345 e. The van der Waals surface area contributed by atoms with E-state index in [2.05, 4.69) is 62.3 Å². The van der Waals surface area contributed by atoms with Crippen LogP contribution in [-0.4, -0.2) is 58.8 Å². The fourth-order valence-corrected chi connectivity index (χ4v) is 4.65. The number of amides is 1. The molecule has 5 heteroatoms. The molecule has 1 aromatic heterocycles. The van der Waals surface area contributed by atoms with Crippen LogP contribution in [-0.2, 0) is 5.41 Å². The Balaban J connectivity index is 1.33. The van der Waals surface area contributed by atoms with Crippen LogP contribution >= 0.6 is 0 Å². The minimum atomic E-state index is 0.0796. The Kier molecular flexibility index (Phi) is 5.82. The van der Waals surface area contributed by atoms with Crippen LogP contribution in [0.25, 0.3) is 0 Å². The van der Waals surface area contributed by atoms with Crippen LogP contribution < -0.4 is 0 Å². The molecular weight excluding hydrogens is 386 g/mol. The number of Topliss-reactive ketones (excluding diaryl/α,β-unsaturated/α-hetero) is 1. The second-order valence-corrected chi connectivity index (χ2v) is 10.2. The zero-order chi connectivity index (χ0) is 22.3. The van der Waals surface area contributed by atoms with Gasteiger partial charge in [-0.3, -0.25) is 14.5 Å². The monoisotopic (exact) mass is 421 g/mol. The van der Waals surface area contributed by atoms with Crippen LogP contribution in [0, 0.1) is 13.8 Å². The number of nitrogens with zero attached hydrogens (tertiary/aromatic N) is 3. The number of ketones is 1. The van der Waals surface area contributed by atoms with Gasteiger partial charge in [-0.05, 0) is 55.9 Å². The summed E-state index contributed by atoms with van der Waals surface area (Å²) in [7, 11) is 0. The molecule has 1 aliphatic carbocycles. The summed E-state index contributed by atoms with van der Waals surface area (Å²) in [6, 6.07) is 10.6. The third kappa shape index (κ3) is 4.62. The Bertz CT molecular complexity index is 969. The smallest absolute Gasteiger partial charge is 0.253 e. The van der Waals surface area contributed by atoms with Crippen LogP contribution in [0.5, 0.6) is 0 Å². The van der Waals surface area contributed by atoms with Gasteiger partial charge in [0.1, 0.15) is 0 Å². The molecule has 1 saturated carbocycles. The van der Waals surface area contributed by atoms with Crippen molar-refractivity contribution >= 4 is 11.7 Å². The summed E-state index contributed by atoms with van der Waals surface area (Å²) >= 11 is 0. The number of carbonyl (C=O) groups excluding carboxylic acids is 2. The highest BCUT2D eigenvalue weighted by atomic mass is 16.2. The van der Waals surface area contributed by atoms with Crippen molar-refractivity contribution < 1.29 is 9.59 Å². The highest BCUT2D eigenvalue weighted by Crippen LogP contribution is 2.38. The van der Waals surface area contributed by atoms with Crippen molar-refractivity contribution in [2.45, 2.75) is 58.9 Å². The molecule has 0 radical (unpaired) electrons. The fraction of sp³-hybridized carbons (Fsp3) is 0.538. The topological polar surface area (TPSA) is 45.6 Å². The summed E-state index contributed by atoms with van der Waals surface area (Å²) in [5, 5.41) is 0. The molecule has 2 aliphatic rings. The molecule has 0 unspecified atom stereocenters. The molecule has 0 atom stereocenters. The van der Waals surface area contributed by atoms with E-state index in [-0.39, 0.29) is 17.1 Å². The van der Waals surface area contributed by atoms with Gasteiger partial charge in [0.15, 0.2) is 5.78 Å². The Morgan fingerprint density at radius 3 is 2.13 bits per heavy atom. The summed E-state index contributed by atoms with van der Waals surface area (Å²) < 4.78 is 2.33. The van der Waals surface area contributed by atoms with Crippen LogP contribution in [0.4, 0.5) is 0 Å². The molecule has 0 bridgehead atoms. The summed E-state index contributed by atoms with van der Waals surface area (Å²) in [5.41, 5.74) is 5.21. The van der Waals surface area contributed by atoms with Crippen LogP contribution in [0.1, 0.15) is 77.3 Å². The Hall–Kier alpha value is -2.40. The predicted molar refractivity (Wildman–Crippen MR) is 124 cm³/mol. The van der Waals surface area contributed by atoms with Crippen molar-refractivity contribution in [3.63, 3.8) is 0 Å². The molecule has 0 spiro atoms. The van der Waals surface area contributed by atoms with E-state index in [0.29, 0.717) is 25.7 Å². The van der Waals surface area contributed by atoms with Gasteiger partial charge in [0.05, 0.1) is 6.54 Å². The van der Waals surface area contributed by atoms with Gasteiger partial charge in [0.25, 0.3) is 5.91 Å². The van der Waals surface area contributed by atoms with Crippen LogP contribution in [0.2, 0.25) is 0 Å². The first kappa shape index (κ1) is 21.8. The molecule has 2 fully saturated rings. The van der Waals surface area contributed by atoms with E-state index in [1.807, 2.05) is 17.0 Å². The summed E-state index contributed by atoms with van der Waals surface area (Å²) in [4.78, 5) is 29.9. The van der Waals surface area contributed by atoms with E-state index in [4.69, 9.17) is 0 Å². The minimum Gasteiger partial charge on any atom is -0.345 e. The normalized spacial score (nSPS) is 17.8. The van der Waals surface area contributed by atoms with E-state index in [1.54, 1.807) is 0 Å². The number of benzene rings is 1. The number of hydrogen-bond donors (Lipinski definition) is 0. The zero-order valence-electron chi connectivity index (χ0n) is 19.6. The van der Waals surface area contributed by atoms with E-state index >= 15 is 0 Å². The lowest BCUT2D eigenvalue weighted by Crippen LogP contribution is -2.49. The predicted octanol–water partition coefficient (Wildman–Crippen LogP) is 4.38. The second-order valence-electron chi connectivity index (χ2n) is 10.2. The fourth-order valence-electron chi connectivity index (χ4n) is 4.65. The lowest BCUT2D eigenvalue weighted by atomic mass is 9.86. The quantitative estimate of drug-likeness (QED) is 0.673. The highest BCUT2D eigenvalue weighted by molar-refractivity contribution is 5.99. The summed E-state index contributed by atoms with van der Waals surface area (Å²) in [6.45, 7) is 13.9. The molecule has 166 valence electrons. The van der Waals surface area contributed by atoms with Gasteiger partial charge < -0.3 is 9.47 Å². The van der Waals surface area contributed by atoms with Gasteiger partial charge in [-0.15, -0.1) is 0 Å². The Morgan fingerprint density at radius 2 is 1.58 bits per heavy atom. The van der Waals surface area contributed by atoms with Crippen molar-refractivity contribution in [2.24, 2.45) is 0 Å². The molecule has 5 nitrogen and oxygen atoms in total. The Morgan fingerprint density at radius 1 is 0.968 bits per heavy atom. The van der Waals surface area contributed by atoms with E-state index in [9.17, 15) is 9.59 Å². The molecular formula is C26H35N3O2. The molecule has 1 aromatic carbocycles. The first-order valence-electron chi connectivity index (χ1n) is 11.5. The molecule has 2 heterocycles. The third-order valence-corrected chi connectivity index (χ3v) is 6.72. The lowest BCUT2D eigenvalue weighted by Gasteiger charge is -2.34. The third-order valence-electron chi connectivity index (χ3n) is 6.72. The average Bonchev–Trinajstić information content (AvgIpc) is 3.51. The van der Waals surface area contributed by atoms with Gasteiger partial charge in [0, 0.05) is 54.7 Å². The summed E-state index contributed by atoms with van der Waals surface area (Å²) in [5.74, 6) is 0.275. The minimum absolute atomic E-state index is 0.0796. The number of rotatable bonds is 5. The SMILES string of the molecule is Cc1cc(C(=O)CN2CCN(C(=O)c3ccc(C(C)(C)C)cc3)CC2)c(C)n1C1CC1. The molecule has 31 heavy (non-hydrogen) atoms. The number of hydrogen-bond acceptors (Lipinski definition) is 3. The first-order valence-corrected chi connectivity index (χ1v) is 11.5. The molecule has 1 amide bonds. The van der Waals surface area contributed by atoms with Crippen molar-refractivity contribution in [1.82, 2.24) is 14.4 Å². The van der Waals surface area contributed by atoms with Gasteiger partial charge in [-0.25, -0.2) is 0 Å². The second kappa shape index (κ2) is 8.27.